The average molecular weight is 261 g/mol. The molecule has 0 fully saturated rings. The van der Waals surface area contributed by atoms with Crippen molar-refractivity contribution in [3.05, 3.63) is 24.1 Å². The first-order valence-electron chi connectivity index (χ1n) is 5.03. The average Bonchev–Trinajstić information content (AvgIpc) is 2.11. The Labute approximate surface area is 101 Å². The van der Waals surface area contributed by atoms with Crippen molar-refractivity contribution in [2.45, 2.75) is 19.4 Å². The summed E-state index contributed by atoms with van der Waals surface area (Å²) < 4.78 is 37.5. The van der Waals surface area contributed by atoms with Gasteiger partial charge in [0.2, 0.25) is 16.0 Å². The minimum absolute atomic E-state index is 0.302. The molecule has 1 heterocycles. The van der Waals surface area contributed by atoms with Gasteiger partial charge in [0.25, 0.3) is 0 Å². The van der Waals surface area contributed by atoms with Gasteiger partial charge < -0.3 is 5.32 Å². The Hall–Kier alpha value is -1.21. The molecule has 96 valence electrons. The van der Waals surface area contributed by atoms with Gasteiger partial charge in [-0.25, -0.2) is 18.1 Å². The minimum atomic E-state index is -3.28. The number of hydrogen-bond donors (Lipinski definition) is 2. The molecule has 1 rings (SSSR count). The van der Waals surface area contributed by atoms with E-state index in [-0.39, 0.29) is 0 Å². The maximum Gasteiger partial charge on any atom is 0.214 e. The molecule has 0 saturated heterocycles. The second kappa shape index (κ2) is 4.97. The zero-order chi connectivity index (χ0) is 13.1. The quantitative estimate of drug-likeness (QED) is 0.774. The maximum absolute atomic E-state index is 12.8. The number of rotatable bonds is 5. The smallest absolute Gasteiger partial charge is 0.214 e. The van der Waals surface area contributed by atoms with Gasteiger partial charge in [0.1, 0.15) is 5.82 Å². The number of pyridine rings is 1. The number of anilines is 1. The van der Waals surface area contributed by atoms with Gasteiger partial charge in [0.05, 0.1) is 6.26 Å². The van der Waals surface area contributed by atoms with Crippen LogP contribution in [0.5, 0.6) is 0 Å². The molecule has 0 saturated carbocycles. The molecule has 17 heavy (non-hydrogen) atoms. The molecular formula is C10H16FN3O2S. The van der Waals surface area contributed by atoms with Crippen molar-refractivity contribution >= 4 is 15.8 Å². The molecule has 0 radical (unpaired) electrons. The molecule has 0 spiro atoms. The van der Waals surface area contributed by atoms with Gasteiger partial charge in [-0.3, -0.25) is 0 Å². The third-order valence-corrected chi connectivity index (χ3v) is 2.81. The molecular weight excluding hydrogens is 245 g/mol. The first kappa shape index (κ1) is 13.9. The van der Waals surface area contributed by atoms with Crippen LogP contribution in [0.4, 0.5) is 10.2 Å². The monoisotopic (exact) mass is 261 g/mol. The Kier molecular flexibility index (Phi) is 4.05. The molecule has 0 aliphatic rings. The fourth-order valence-electron chi connectivity index (χ4n) is 1.36. The highest BCUT2D eigenvalue weighted by Gasteiger charge is 2.21. The molecule has 7 heteroatoms. The lowest BCUT2D eigenvalue weighted by Gasteiger charge is -2.25. The summed E-state index contributed by atoms with van der Waals surface area (Å²) >= 11 is 0. The topological polar surface area (TPSA) is 71.1 Å². The zero-order valence-corrected chi connectivity index (χ0v) is 10.8. The van der Waals surface area contributed by atoms with E-state index in [4.69, 9.17) is 0 Å². The van der Waals surface area contributed by atoms with E-state index in [9.17, 15) is 12.8 Å². The highest BCUT2D eigenvalue weighted by molar-refractivity contribution is 7.88. The van der Waals surface area contributed by atoms with Crippen LogP contribution < -0.4 is 10.0 Å². The fourth-order valence-corrected chi connectivity index (χ4v) is 2.43. The third kappa shape index (κ3) is 5.60. The largest absolute Gasteiger partial charge is 0.368 e. The number of sulfonamides is 1. The van der Waals surface area contributed by atoms with Crippen LogP contribution in [0.15, 0.2) is 18.2 Å². The Bertz CT molecular complexity index is 488. The van der Waals surface area contributed by atoms with E-state index < -0.39 is 21.5 Å². The van der Waals surface area contributed by atoms with E-state index in [2.05, 4.69) is 15.0 Å². The van der Waals surface area contributed by atoms with Crippen molar-refractivity contribution in [3.8, 4) is 0 Å². The Morgan fingerprint density at radius 3 is 2.59 bits per heavy atom. The number of nitrogens with one attached hydrogen (secondary N) is 2. The summed E-state index contributed by atoms with van der Waals surface area (Å²) in [5.41, 5.74) is -0.679. The van der Waals surface area contributed by atoms with Gasteiger partial charge >= 0.3 is 0 Å². The summed E-state index contributed by atoms with van der Waals surface area (Å²) in [4.78, 5) is 3.62. The summed E-state index contributed by atoms with van der Waals surface area (Å²) in [5.74, 6) is -0.211. The van der Waals surface area contributed by atoms with Crippen LogP contribution in [0.25, 0.3) is 0 Å². The van der Waals surface area contributed by atoms with E-state index in [1.807, 2.05) is 0 Å². The van der Waals surface area contributed by atoms with Crippen LogP contribution in [0.2, 0.25) is 0 Å². The van der Waals surface area contributed by atoms with Crippen molar-refractivity contribution in [2.24, 2.45) is 0 Å². The van der Waals surface area contributed by atoms with E-state index in [0.717, 1.165) is 6.26 Å². The number of nitrogens with zero attached hydrogens (tertiary/aromatic N) is 1. The molecule has 0 amide bonds. The highest BCUT2D eigenvalue weighted by Crippen LogP contribution is 2.08. The van der Waals surface area contributed by atoms with Crippen molar-refractivity contribution < 1.29 is 12.8 Å². The van der Waals surface area contributed by atoms with Gasteiger partial charge in [-0.1, -0.05) is 6.07 Å². The molecule has 1 aromatic rings. The van der Waals surface area contributed by atoms with E-state index >= 15 is 0 Å². The van der Waals surface area contributed by atoms with Crippen molar-refractivity contribution in [2.75, 3.05) is 18.1 Å². The number of aromatic nitrogens is 1. The molecule has 0 aliphatic heterocycles. The maximum atomic E-state index is 12.8. The predicted octanol–water partition coefficient (Wildman–Crippen LogP) is 0.960. The van der Waals surface area contributed by atoms with Crippen LogP contribution in [-0.4, -0.2) is 31.7 Å². The van der Waals surface area contributed by atoms with Gasteiger partial charge in [-0.2, -0.15) is 4.39 Å². The molecule has 0 bridgehead atoms. The highest BCUT2D eigenvalue weighted by atomic mass is 32.2. The third-order valence-electron chi connectivity index (χ3n) is 1.89. The molecule has 5 nitrogen and oxygen atoms in total. The van der Waals surface area contributed by atoms with Crippen LogP contribution in [0, 0.1) is 5.95 Å². The van der Waals surface area contributed by atoms with Crippen LogP contribution in [-0.2, 0) is 10.0 Å². The van der Waals surface area contributed by atoms with Gasteiger partial charge in [0.15, 0.2) is 0 Å². The summed E-state index contributed by atoms with van der Waals surface area (Å²) in [6, 6.07) is 4.38. The molecule has 2 N–H and O–H groups in total. The van der Waals surface area contributed by atoms with Gasteiger partial charge in [-0.05, 0) is 26.0 Å². The van der Waals surface area contributed by atoms with Gasteiger partial charge in [-0.15, -0.1) is 0 Å². The normalized spacial score (nSPS) is 12.5. The summed E-state index contributed by atoms with van der Waals surface area (Å²) in [7, 11) is -3.28. The lowest BCUT2D eigenvalue weighted by molar-refractivity contribution is 0.475. The molecule has 0 aliphatic carbocycles. The Morgan fingerprint density at radius 1 is 1.41 bits per heavy atom. The van der Waals surface area contributed by atoms with Crippen LogP contribution in [0.3, 0.4) is 0 Å². The molecule has 0 unspecified atom stereocenters. The Morgan fingerprint density at radius 2 is 2.06 bits per heavy atom. The van der Waals surface area contributed by atoms with Crippen molar-refractivity contribution in [1.82, 2.24) is 9.71 Å². The summed E-state index contributed by atoms with van der Waals surface area (Å²) in [6.45, 7) is 3.75. The molecule has 1 aromatic heterocycles. The van der Waals surface area contributed by atoms with Crippen LogP contribution in [0.1, 0.15) is 13.8 Å². The minimum Gasteiger partial charge on any atom is -0.368 e. The standard InChI is InChI=1S/C10H16FN3O2S/c1-10(2,14-17(3,15)16)7-12-9-6-4-5-8(11)13-9/h4-6,14H,7H2,1-3H3,(H,12,13). The van der Waals surface area contributed by atoms with Crippen molar-refractivity contribution in [1.29, 1.82) is 0 Å². The van der Waals surface area contributed by atoms with Gasteiger partial charge in [0, 0.05) is 12.1 Å². The molecule has 0 atom stereocenters. The fraction of sp³-hybridized carbons (Fsp3) is 0.500. The van der Waals surface area contributed by atoms with E-state index in [1.54, 1.807) is 19.9 Å². The van der Waals surface area contributed by atoms with Crippen LogP contribution >= 0.6 is 0 Å². The van der Waals surface area contributed by atoms with E-state index in [1.165, 1.54) is 12.1 Å². The first-order valence-corrected chi connectivity index (χ1v) is 6.92. The zero-order valence-electron chi connectivity index (χ0n) is 9.99. The SMILES string of the molecule is CC(C)(CNc1cccc(F)n1)NS(C)(=O)=O. The lowest BCUT2D eigenvalue weighted by atomic mass is 10.1. The second-order valence-corrected chi connectivity index (χ2v) is 6.21. The lowest BCUT2D eigenvalue weighted by Crippen LogP contribution is -2.47. The van der Waals surface area contributed by atoms with E-state index in [0.29, 0.717) is 12.4 Å². The second-order valence-electron chi connectivity index (χ2n) is 4.46. The summed E-state index contributed by atoms with van der Waals surface area (Å²) in [6.07, 6.45) is 1.09. The van der Waals surface area contributed by atoms with Crippen molar-refractivity contribution in [3.63, 3.8) is 0 Å². The molecule has 0 aromatic carbocycles. The summed E-state index contributed by atoms with van der Waals surface area (Å²) in [5, 5.41) is 2.87. The Balaban J connectivity index is 2.61. The number of hydrogen-bond acceptors (Lipinski definition) is 4. The predicted molar refractivity (Wildman–Crippen MR) is 64.7 cm³/mol. The first-order chi connectivity index (χ1) is 7.68. The number of halogens is 1.